The Labute approximate surface area is 93.8 Å². The summed E-state index contributed by atoms with van der Waals surface area (Å²) in [5.74, 6) is 0.936. The van der Waals surface area contributed by atoms with E-state index in [9.17, 15) is 4.79 Å². The highest BCUT2D eigenvalue weighted by Gasteiger charge is 2.27. The van der Waals surface area contributed by atoms with Gasteiger partial charge >= 0.3 is 0 Å². The molecule has 1 aliphatic rings. The first-order valence-electron chi connectivity index (χ1n) is 6.16. The molecule has 1 fully saturated rings. The van der Waals surface area contributed by atoms with E-state index in [1.807, 2.05) is 0 Å². The first kappa shape index (κ1) is 12.5. The fourth-order valence-electron chi connectivity index (χ4n) is 2.60. The summed E-state index contributed by atoms with van der Waals surface area (Å²) in [4.78, 5) is 11.0. The second-order valence-electron chi connectivity index (χ2n) is 5.97. The largest absolute Gasteiger partial charge is 0.354 e. The van der Waals surface area contributed by atoms with Crippen molar-refractivity contribution in [3.8, 4) is 0 Å². The molecule has 2 heteroatoms. The summed E-state index contributed by atoms with van der Waals surface area (Å²) < 4.78 is 0. The van der Waals surface area contributed by atoms with Crippen LogP contribution in [0.2, 0.25) is 0 Å². The maximum absolute atomic E-state index is 11.0. The lowest BCUT2D eigenvalue weighted by Crippen LogP contribution is -2.32. The Hall–Kier alpha value is -0.530. The van der Waals surface area contributed by atoms with Gasteiger partial charge in [0.15, 0.2) is 0 Å². The third-order valence-electron chi connectivity index (χ3n) is 3.60. The van der Waals surface area contributed by atoms with Gasteiger partial charge in [-0.3, -0.25) is 4.79 Å². The number of hydrogen-bond donors (Lipinski definition) is 1. The predicted molar refractivity (Wildman–Crippen MR) is 63.6 cm³/mol. The molecule has 0 aromatic heterocycles. The van der Waals surface area contributed by atoms with Crippen LogP contribution in [-0.4, -0.2) is 11.9 Å². The van der Waals surface area contributed by atoms with Crippen LogP contribution in [0.25, 0.3) is 0 Å². The first-order valence-corrected chi connectivity index (χ1v) is 6.16. The number of rotatable bonds is 1. The third-order valence-corrected chi connectivity index (χ3v) is 3.60. The Morgan fingerprint density at radius 1 is 1.13 bits per heavy atom. The Kier molecular flexibility index (Phi) is 4.18. The molecule has 88 valence electrons. The van der Waals surface area contributed by atoms with Crippen molar-refractivity contribution < 1.29 is 4.79 Å². The zero-order valence-electron chi connectivity index (χ0n) is 10.6. The Bertz CT molecular complexity index is 217. The number of nitrogens with one attached hydrogen (secondary N) is 1. The van der Waals surface area contributed by atoms with Gasteiger partial charge in [0.05, 0.1) is 0 Å². The van der Waals surface area contributed by atoms with Gasteiger partial charge in [0.25, 0.3) is 0 Å². The highest BCUT2D eigenvalue weighted by atomic mass is 16.1. The molecule has 2 unspecified atom stereocenters. The number of carbonyl (C=O) groups excluding carboxylic acids is 1. The zero-order valence-corrected chi connectivity index (χ0v) is 10.6. The van der Waals surface area contributed by atoms with Crippen molar-refractivity contribution in [1.29, 1.82) is 0 Å². The maximum atomic E-state index is 11.0. The van der Waals surface area contributed by atoms with Crippen LogP contribution in [0, 0.1) is 11.3 Å². The van der Waals surface area contributed by atoms with Crippen LogP contribution in [0.1, 0.15) is 59.8 Å². The molecule has 0 aromatic carbocycles. The number of carbonyl (C=O) groups is 1. The van der Waals surface area contributed by atoms with Gasteiger partial charge in [-0.25, -0.2) is 0 Å². The van der Waals surface area contributed by atoms with Crippen molar-refractivity contribution in [2.24, 2.45) is 11.3 Å². The standard InChI is InChI=1S/C13H25NO/c1-10(15)14-12-7-5-6-11(8-9-12)13(2,3)4/h11-12H,5-9H2,1-4H3,(H,14,15). The van der Waals surface area contributed by atoms with Crippen molar-refractivity contribution in [3.63, 3.8) is 0 Å². The molecule has 0 aliphatic heterocycles. The van der Waals surface area contributed by atoms with Crippen LogP contribution in [0.5, 0.6) is 0 Å². The smallest absolute Gasteiger partial charge is 0.217 e. The fraction of sp³-hybridized carbons (Fsp3) is 0.923. The second kappa shape index (κ2) is 5.00. The van der Waals surface area contributed by atoms with Gasteiger partial charge in [-0.15, -0.1) is 0 Å². The van der Waals surface area contributed by atoms with Crippen LogP contribution in [-0.2, 0) is 4.79 Å². The Morgan fingerprint density at radius 2 is 1.80 bits per heavy atom. The summed E-state index contributed by atoms with van der Waals surface area (Å²) in [6.07, 6.45) is 6.15. The summed E-state index contributed by atoms with van der Waals surface area (Å²) in [6, 6.07) is 0.426. The van der Waals surface area contributed by atoms with Crippen molar-refractivity contribution in [2.45, 2.75) is 65.8 Å². The fourth-order valence-corrected chi connectivity index (χ4v) is 2.60. The topological polar surface area (TPSA) is 29.1 Å². The van der Waals surface area contributed by atoms with Gasteiger partial charge in [0.1, 0.15) is 0 Å². The molecule has 0 heterocycles. The minimum absolute atomic E-state index is 0.120. The van der Waals surface area contributed by atoms with Gasteiger partial charge in [-0.2, -0.15) is 0 Å². The summed E-state index contributed by atoms with van der Waals surface area (Å²) in [5.41, 5.74) is 0.422. The third kappa shape index (κ3) is 4.23. The van der Waals surface area contributed by atoms with E-state index in [4.69, 9.17) is 0 Å². The van der Waals surface area contributed by atoms with Gasteiger partial charge in [-0.1, -0.05) is 27.2 Å². The molecule has 0 radical (unpaired) electrons. The van der Waals surface area contributed by atoms with E-state index in [2.05, 4.69) is 26.1 Å². The lowest BCUT2D eigenvalue weighted by Gasteiger charge is -2.29. The van der Waals surface area contributed by atoms with E-state index in [1.54, 1.807) is 6.92 Å². The van der Waals surface area contributed by atoms with Gasteiger partial charge in [-0.05, 0) is 37.0 Å². The molecule has 15 heavy (non-hydrogen) atoms. The summed E-state index contributed by atoms with van der Waals surface area (Å²) in [6.45, 7) is 8.61. The molecule has 2 nitrogen and oxygen atoms in total. The molecular formula is C13H25NO. The molecule has 1 saturated carbocycles. The molecule has 1 aliphatic carbocycles. The van der Waals surface area contributed by atoms with E-state index < -0.39 is 0 Å². The van der Waals surface area contributed by atoms with Crippen LogP contribution in [0.15, 0.2) is 0 Å². The van der Waals surface area contributed by atoms with Crippen LogP contribution < -0.4 is 5.32 Å². The minimum atomic E-state index is 0.120. The Balaban J connectivity index is 2.45. The molecule has 0 bridgehead atoms. The molecule has 0 saturated heterocycles. The maximum Gasteiger partial charge on any atom is 0.217 e. The van der Waals surface area contributed by atoms with Crippen molar-refractivity contribution in [3.05, 3.63) is 0 Å². The molecule has 0 aromatic rings. The van der Waals surface area contributed by atoms with E-state index in [-0.39, 0.29) is 5.91 Å². The van der Waals surface area contributed by atoms with E-state index >= 15 is 0 Å². The normalized spacial score (nSPS) is 28.3. The molecular weight excluding hydrogens is 186 g/mol. The second-order valence-corrected chi connectivity index (χ2v) is 5.97. The molecule has 1 N–H and O–H groups in total. The van der Waals surface area contributed by atoms with Crippen molar-refractivity contribution in [2.75, 3.05) is 0 Å². The van der Waals surface area contributed by atoms with Gasteiger partial charge in [0.2, 0.25) is 5.91 Å². The predicted octanol–water partition coefficient (Wildman–Crippen LogP) is 3.12. The number of amides is 1. The molecule has 1 amide bonds. The minimum Gasteiger partial charge on any atom is -0.354 e. The first-order chi connectivity index (χ1) is 6.89. The van der Waals surface area contributed by atoms with E-state index in [1.165, 1.54) is 19.3 Å². The molecule has 1 rings (SSSR count). The number of hydrogen-bond acceptors (Lipinski definition) is 1. The van der Waals surface area contributed by atoms with Crippen LogP contribution in [0.3, 0.4) is 0 Å². The summed E-state index contributed by atoms with van der Waals surface area (Å²) in [7, 11) is 0. The van der Waals surface area contributed by atoms with Gasteiger partial charge in [0, 0.05) is 13.0 Å². The molecule has 2 atom stereocenters. The van der Waals surface area contributed by atoms with Crippen molar-refractivity contribution in [1.82, 2.24) is 5.32 Å². The van der Waals surface area contributed by atoms with Crippen LogP contribution >= 0.6 is 0 Å². The highest BCUT2D eigenvalue weighted by molar-refractivity contribution is 5.73. The van der Waals surface area contributed by atoms with Crippen LogP contribution in [0.4, 0.5) is 0 Å². The van der Waals surface area contributed by atoms with Crippen molar-refractivity contribution >= 4 is 5.91 Å². The van der Waals surface area contributed by atoms with Gasteiger partial charge < -0.3 is 5.32 Å². The van der Waals surface area contributed by atoms with E-state index in [0.29, 0.717) is 11.5 Å². The monoisotopic (exact) mass is 211 g/mol. The summed E-state index contributed by atoms with van der Waals surface area (Å²) in [5, 5.41) is 3.05. The average Bonchev–Trinajstić information content (AvgIpc) is 2.27. The molecule has 0 spiro atoms. The average molecular weight is 211 g/mol. The quantitative estimate of drug-likeness (QED) is 0.663. The summed E-state index contributed by atoms with van der Waals surface area (Å²) >= 11 is 0. The SMILES string of the molecule is CC(=O)NC1CCCC(C(C)(C)C)CC1. The lowest BCUT2D eigenvalue weighted by molar-refractivity contribution is -0.119. The highest BCUT2D eigenvalue weighted by Crippen LogP contribution is 2.36. The lowest BCUT2D eigenvalue weighted by atomic mass is 9.76. The Morgan fingerprint density at radius 3 is 2.33 bits per heavy atom. The zero-order chi connectivity index (χ0) is 11.5. The van der Waals surface area contributed by atoms with E-state index in [0.717, 1.165) is 18.8 Å².